The summed E-state index contributed by atoms with van der Waals surface area (Å²) in [6.07, 6.45) is -1.49. The Morgan fingerprint density at radius 2 is 1.53 bits per heavy atom. The maximum Gasteiger partial charge on any atom is 0.337 e. The maximum atomic E-state index is 10.8. The molecule has 0 aliphatic carbocycles. The van der Waals surface area contributed by atoms with E-state index >= 15 is 0 Å². The van der Waals surface area contributed by atoms with E-state index in [0.717, 1.165) is 11.1 Å². The molecule has 0 saturated heterocycles. The van der Waals surface area contributed by atoms with Crippen molar-refractivity contribution in [2.24, 2.45) is 0 Å². The van der Waals surface area contributed by atoms with Crippen molar-refractivity contribution in [2.45, 2.75) is 6.10 Å². The molecule has 2 aromatic rings. The Bertz CT molecular complexity index is 520. The number of carbonyl (C=O) groups is 1. The minimum absolute atomic E-state index is 0.409. The number of rotatable bonds is 3. The number of aliphatic hydroxyl groups is 1. The van der Waals surface area contributed by atoms with Gasteiger partial charge in [0, 0.05) is 0 Å². The Labute approximate surface area is 99.0 Å². The Balaban J connectivity index is 2.52. The molecule has 2 N–H and O–H groups in total. The van der Waals surface area contributed by atoms with Crippen LogP contribution in [0.5, 0.6) is 0 Å². The molecular formula is C14H12O3. The van der Waals surface area contributed by atoms with Gasteiger partial charge in [-0.05, 0) is 16.7 Å². The Morgan fingerprint density at radius 1 is 0.941 bits per heavy atom. The van der Waals surface area contributed by atoms with Gasteiger partial charge in [0.1, 0.15) is 0 Å². The maximum absolute atomic E-state index is 10.8. The molecule has 0 radical (unpaired) electrons. The van der Waals surface area contributed by atoms with Crippen LogP contribution in [0.1, 0.15) is 11.7 Å². The minimum atomic E-state index is -1.49. The van der Waals surface area contributed by atoms with Crippen LogP contribution in [-0.2, 0) is 4.79 Å². The number of carboxylic acids is 1. The number of aliphatic hydroxyl groups excluding tert-OH is 1. The average Bonchev–Trinajstić information content (AvgIpc) is 2.39. The van der Waals surface area contributed by atoms with Crippen LogP contribution >= 0.6 is 0 Å². The van der Waals surface area contributed by atoms with Crippen LogP contribution in [0.3, 0.4) is 0 Å². The van der Waals surface area contributed by atoms with E-state index in [4.69, 9.17) is 5.11 Å². The Hall–Kier alpha value is -2.13. The summed E-state index contributed by atoms with van der Waals surface area (Å²) in [5.74, 6) is -1.24. The molecule has 0 saturated carbocycles. The van der Waals surface area contributed by atoms with Crippen molar-refractivity contribution in [1.82, 2.24) is 0 Å². The van der Waals surface area contributed by atoms with Crippen LogP contribution in [0.15, 0.2) is 54.6 Å². The van der Waals surface area contributed by atoms with Gasteiger partial charge in [0.15, 0.2) is 6.10 Å². The Morgan fingerprint density at radius 3 is 2.18 bits per heavy atom. The zero-order chi connectivity index (χ0) is 12.3. The topological polar surface area (TPSA) is 57.5 Å². The molecule has 0 fully saturated rings. The van der Waals surface area contributed by atoms with Crippen LogP contribution in [0.25, 0.3) is 11.1 Å². The first kappa shape index (κ1) is 11.4. The summed E-state index contributed by atoms with van der Waals surface area (Å²) in [7, 11) is 0. The molecule has 3 heteroatoms. The van der Waals surface area contributed by atoms with E-state index in [2.05, 4.69) is 0 Å². The molecule has 0 aliphatic heterocycles. The predicted molar refractivity (Wildman–Crippen MR) is 64.5 cm³/mol. The van der Waals surface area contributed by atoms with Crippen LogP contribution in [-0.4, -0.2) is 16.2 Å². The zero-order valence-electron chi connectivity index (χ0n) is 9.08. The molecule has 3 nitrogen and oxygen atoms in total. The highest BCUT2D eigenvalue weighted by molar-refractivity contribution is 5.79. The summed E-state index contributed by atoms with van der Waals surface area (Å²) in [5, 5.41) is 18.5. The second kappa shape index (κ2) is 4.80. The molecule has 0 aliphatic rings. The first-order valence-corrected chi connectivity index (χ1v) is 5.25. The fourth-order valence-electron chi connectivity index (χ4n) is 1.75. The molecule has 1 atom stereocenters. The third kappa shape index (κ3) is 2.34. The fraction of sp³-hybridized carbons (Fsp3) is 0.0714. The summed E-state index contributed by atoms with van der Waals surface area (Å²) in [4.78, 5) is 10.8. The minimum Gasteiger partial charge on any atom is -0.479 e. The van der Waals surface area contributed by atoms with Crippen LogP contribution in [0, 0.1) is 0 Å². The molecule has 2 rings (SSSR count). The van der Waals surface area contributed by atoms with Crippen LogP contribution in [0.4, 0.5) is 0 Å². The summed E-state index contributed by atoms with van der Waals surface area (Å²) < 4.78 is 0. The van der Waals surface area contributed by atoms with Gasteiger partial charge >= 0.3 is 5.97 Å². The molecule has 0 unspecified atom stereocenters. The van der Waals surface area contributed by atoms with E-state index in [1.165, 1.54) is 0 Å². The van der Waals surface area contributed by atoms with E-state index in [9.17, 15) is 9.90 Å². The third-order valence-electron chi connectivity index (χ3n) is 2.57. The van der Waals surface area contributed by atoms with Gasteiger partial charge in [-0.1, -0.05) is 54.6 Å². The molecule has 0 spiro atoms. The van der Waals surface area contributed by atoms with Gasteiger partial charge < -0.3 is 10.2 Å². The van der Waals surface area contributed by atoms with E-state index < -0.39 is 12.1 Å². The summed E-state index contributed by atoms with van der Waals surface area (Å²) >= 11 is 0. The Kier molecular flexibility index (Phi) is 3.21. The fourth-order valence-corrected chi connectivity index (χ4v) is 1.75. The molecular weight excluding hydrogens is 216 g/mol. The second-order valence-corrected chi connectivity index (χ2v) is 3.69. The SMILES string of the molecule is O=C(O)[C@H](O)c1ccccc1-c1ccccc1. The van der Waals surface area contributed by atoms with Crippen molar-refractivity contribution in [3.05, 3.63) is 60.2 Å². The van der Waals surface area contributed by atoms with Crippen LogP contribution in [0.2, 0.25) is 0 Å². The highest BCUT2D eigenvalue weighted by atomic mass is 16.4. The van der Waals surface area contributed by atoms with E-state index in [1.54, 1.807) is 18.2 Å². The molecule has 86 valence electrons. The lowest BCUT2D eigenvalue weighted by Crippen LogP contribution is -2.11. The standard InChI is InChI=1S/C14H12O3/c15-13(14(16)17)12-9-5-4-8-11(12)10-6-2-1-3-7-10/h1-9,13,15H,(H,16,17)/t13-/m1/s1. The van der Waals surface area contributed by atoms with E-state index in [0.29, 0.717) is 5.56 Å². The molecule has 0 aromatic heterocycles. The third-order valence-corrected chi connectivity index (χ3v) is 2.57. The zero-order valence-corrected chi connectivity index (χ0v) is 9.08. The summed E-state index contributed by atoms with van der Waals surface area (Å²) in [5.41, 5.74) is 2.04. The number of benzene rings is 2. The van der Waals surface area contributed by atoms with Gasteiger partial charge in [-0.15, -0.1) is 0 Å². The highest BCUT2D eigenvalue weighted by Crippen LogP contribution is 2.28. The van der Waals surface area contributed by atoms with Gasteiger partial charge in [-0.3, -0.25) is 0 Å². The molecule has 0 bridgehead atoms. The average molecular weight is 228 g/mol. The quantitative estimate of drug-likeness (QED) is 0.848. The van der Waals surface area contributed by atoms with Crippen molar-refractivity contribution in [3.63, 3.8) is 0 Å². The summed E-state index contributed by atoms with van der Waals surface area (Å²) in [6, 6.07) is 16.4. The van der Waals surface area contributed by atoms with Crippen LogP contribution < -0.4 is 0 Å². The van der Waals surface area contributed by atoms with Crippen molar-refractivity contribution in [2.75, 3.05) is 0 Å². The molecule has 0 amide bonds. The molecule has 17 heavy (non-hydrogen) atoms. The van der Waals surface area contributed by atoms with Crippen molar-refractivity contribution in [3.8, 4) is 11.1 Å². The van der Waals surface area contributed by atoms with E-state index in [-0.39, 0.29) is 0 Å². The summed E-state index contributed by atoms with van der Waals surface area (Å²) in [6.45, 7) is 0. The second-order valence-electron chi connectivity index (χ2n) is 3.69. The number of hydrogen-bond donors (Lipinski definition) is 2. The normalized spacial score (nSPS) is 12.1. The van der Waals surface area contributed by atoms with Crippen molar-refractivity contribution < 1.29 is 15.0 Å². The largest absolute Gasteiger partial charge is 0.479 e. The number of carboxylic acid groups (broad SMARTS) is 1. The first-order valence-electron chi connectivity index (χ1n) is 5.25. The smallest absolute Gasteiger partial charge is 0.337 e. The number of aliphatic carboxylic acids is 1. The van der Waals surface area contributed by atoms with Crippen molar-refractivity contribution >= 4 is 5.97 Å². The van der Waals surface area contributed by atoms with Gasteiger partial charge in [-0.2, -0.15) is 0 Å². The van der Waals surface area contributed by atoms with Gasteiger partial charge in [0.05, 0.1) is 0 Å². The lowest BCUT2D eigenvalue weighted by atomic mass is 9.96. The van der Waals surface area contributed by atoms with E-state index in [1.807, 2.05) is 36.4 Å². The number of hydrogen-bond acceptors (Lipinski definition) is 2. The molecule has 0 heterocycles. The van der Waals surface area contributed by atoms with Gasteiger partial charge in [0.25, 0.3) is 0 Å². The lowest BCUT2D eigenvalue weighted by Gasteiger charge is -2.12. The molecule has 2 aromatic carbocycles. The van der Waals surface area contributed by atoms with Gasteiger partial charge in [-0.25, -0.2) is 4.79 Å². The first-order chi connectivity index (χ1) is 8.20. The van der Waals surface area contributed by atoms with Crippen molar-refractivity contribution in [1.29, 1.82) is 0 Å². The monoisotopic (exact) mass is 228 g/mol. The lowest BCUT2D eigenvalue weighted by molar-refractivity contribution is -0.146. The highest BCUT2D eigenvalue weighted by Gasteiger charge is 2.19. The predicted octanol–water partition coefficient (Wildman–Crippen LogP) is 2.47. The van der Waals surface area contributed by atoms with Gasteiger partial charge in [0.2, 0.25) is 0 Å².